The molecule has 7 nitrogen and oxygen atoms in total. The third kappa shape index (κ3) is 4.91. The van der Waals surface area contributed by atoms with Gasteiger partial charge in [0.05, 0.1) is 24.8 Å². The van der Waals surface area contributed by atoms with E-state index in [0.29, 0.717) is 6.04 Å². The molecule has 2 aromatic heterocycles. The van der Waals surface area contributed by atoms with Gasteiger partial charge in [-0.2, -0.15) is 0 Å². The normalized spacial score (nSPS) is 21.8. The first-order chi connectivity index (χ1) is 15.2. The smallest absolute Gasteiger partial charge is 0.149 e. The van der Waals surface area contributed by atoms with Crippen molar-refractivity contribution >= 4 is 38.5 Å². The summed E-state index contributed by atoms with van der Waals surface area (Å²) in [6, 6.07) is 8.67. The van der Waals surface area contributed by atoms with Gasteiger partial charge in [-0.25, -0.2) is 9.97 Å². The van der Waals surface area contributed by atoms with Crippen molar-refractivity contribution in [2.24, 2.45) is 0 Å². The van der Waals surface area contributed by atoms with Crippen molar-refractivity contribution in [2.45, 2.75) is 37.8 Å². The molecule has 1 aliphatic heterocycles. The fourth-order valence-corrected chi connectivity index (χ4v) is 4.53. The number of halogens is 1. The Morgan fingerprint density at radius 2 is 1.81 bits per heavy atom. The minimum absolute atomic E-state index is 0.182. The summed E-state index contributed by atoms with van der Waals surface area (Å²) in [4.78, 5) is 15.8. The lowest BCUT2D eigenvalue weighted by molar-refractivity contribution is 0.122. The summed E-state index contributed by atoms with van der Waals surface area (Å²) in [5, 5.41) is 3.55. The van der Waals surface area contributed by atoms with Crippen LogP contribution in [0.4, 0.5) is 11.5 Å². The minimum Gasteiger partial charge on any atom is -0.488 e. The molecule has 0 spiro atoms. The molecule has 8 heteroatoms. The molecule has 0 bridgehead atoms. The highest BCUT2D eigenvalue weighted by Crippen LogP contribution is 2.33. The minimum atomic E-state index is 0.182. The Morgan fingerprint density at radius 3 is 2.58 bits per heavy atom. The number of rotatable bonds is 5. The number of pyridine rings is 1. The quantitative estimate of drug-likeness (QED) is 0.575. The number of fused-ring (bicyclic) bond motifs is 1. The van der Waals surface area contributed by atoms with E-state index in [4.69, 9.17) is 9.47 Å². The summed E-state index contributed by atoms with van der Waals surface area (Å²) >= 11 is 3.43. The van der Waals surface area contributed by atoms with Crippen molar-refractivity contribution in [3.8, 4) is 5.75 Å². The second kappa shape index (κ2) is 9.36. The molecule has 3 heterocycles. The van der Waals surface area contributed by atoms with Crippen molar-refractivity contribution in [1.29, 1.82) is 0 Å². The number of morpholine rings is 1. The SMILES string of the molecule is Brc1ccc(NC2CCC(Oc3cc(N4CCOCC4)cc4nccnc34)CC2)nc1. The summed E-state index contributed by atoms with van der Waals surface area (Å²) in [5.41, 5.74) is 2.83. The maximum absolute atomic E-state index is 6.50. The standard InChI is InChI=1S/C23H26BrN5O2/c24-16-1-6-22(27-15-16)28-17-2-4-19(5-3-17)31-21-14-18(29-9-11-30-12-10-29)13-20-23(21)26-8-7-25-20/h1,6-8,13-15,17,19H,2-5,9-12H2,(H,27,28). The Bertz CT molecular complexity index is 1020. The van der Waals surface area contributed by atoms with Crippen LogP contribution in [0.15, 0.2) is 47.3 Å². The van der Waals surface area contributed by atoms with Crippen LogP contribution in [0.25, 0.3) is 11.0 Å². The third-order valence-electron chi connectivity index (χ3n) is 5.95. The highest BCUT2D eigenvalue weighted by atomic mass is 79.9. The summed E-state index contributed by atoms with van der Waals surface area (Å²) in [6.45, 7) is 3.26. The summed E-state index contributed by atoms with van der Waals surface area (Å²) < 4.78 is 13.0. The zero-order chi connectivity index (χ0) is 21.0. The maximum Gasteiger partial charge on any atom is 0.149 e. The lowest BCUT2D eigenvalue weighted by Gasteiger charge is -2.31. The predicted molar refractivity (Wildman–Crippen MR) is 125 cm³/mol. The Hall–Kier alpha value is -2.45. The van der Waals surface area contributed by atoms with E-state index in [9.17, 15) is 0 Å². The number of aromatic nitrogens is 3. The molecule has 0 radical (unpaired) electrons. The molecule has 0 amide bonds. The Kier molecular flexibility index (Phi) is 6.18. The molecule has 0 unspecified atom stereocenters. The molecular formula is C23H26BrN5O2. The van der Waals surface area contributed by atoms with Gasteiger partial charge in [-0.05, 0) is 59.8 Å². The summed E-state index contributed by atoms with van der Waals surface area (Å²) in [6.07, 6.45) is 9.57. The van der Waals surface area contributed by atoms with Crippen LogP contribution >= 0.6 is 15.9 Å². The van der Waals surface area contributed by atoms with E-state index in [-0.39, 0.29) is 6.10 Å². The van der Waals surface area contributed by atoms with Gasteiger partial charge >= 0.3 is 0 Å². The second-order valence-corrected chi connectivity index (χ2v) is 8.98. The van der Waals surface area contributed by atoms with Gasteiger partial charge in [0, 0.05) is 53.9 Å². The topological polar surface area (TPSA) is 72.4 Å². The second-order valence-electron chi connectivity index (χ2n) is 8.06. The maximum atomic E-state index is 6.50. The molecule has 1 saturated heterocycles. The molecular weight excluding hydrogens is 458 g/mol. The van der Waals surface area contributed by atoms with Crippen LogP contribution in [0.2, 0.25) is 0 Å². The number of hydrogen-bond donors (Lipinski definition) is 1. The van der Waals surface area contributed by atoms with Gasteiger partial charge in [0.25, 0.3) is 0 Å². The van der Waals surface area contributed by atoms with Gasteiger partial charge in [-0.15, -0.1) is 0 Å². The molecule has 2 aliphatic rings. The van der Waals surface area contributed by atoms with E-state index in [1.807, 2.05) is 18.3 Å². The van der Waals surface area contributed by atoms with Crippen LogP contribution in [0.1, 0.15) is 25.7 Å². The van der Waals surface area contributed by atoms with Crippen LogP contribution < -0.4 is 15.0 Å². The average molecular weight is 484 g/mol. The van der Waals surface area contributed by atoms with Crippen LogP contribution in [0, 0.1) is 0 Å². The van der Waals surface area contributed by atoms with E-state index in [1.165, 1.54) is 0 Å². The predicted octanol–water partition coefficient (Wildman–Crippen LogP) is 4.43. The molecule has 1 saturated carbocycles. The fourth-order valence-electron chi connectivity index (χ4n) is 4.30. The van der Waals surface area contributed by atoms with Gasteiger partial charge in [0.15, 0.2) is 0 Å². The number of ether oxygens (including phenoxy) is 2. The van der Waals surface area contributed by atoms with Crippen molar-refractivity contribution in [3.05, 3.63) is 47.3 Å². The van der Waals surface area contributed by atoms with Crippen LogP contribution in [-0.4, -0.2) is 53.4 Å². The Balaban J connectivity index is 1.27. The molecule has 31 heavy (non-hydrogen) atoms. The zero-order valence-corrected chi connectivity index (χ0v) is 18.9. The first kappa shape index (κ1) is 20.5. The summed E-state index contributed by atoms with van der Waals surface area (Å²) in [5.74, 6) is 1.75. The average Bonchev–Trinajstić information content (AvgIpc) is 2.82. The highest BCUT2D eigenvalue weighted by Gasteiger charge is 2.24. The fraction of sp³-hybridized carbons (Fsp3) is 0.435. The molecule has 3 aromatic rings. The highest BCUT2D eigenvalue weighted by molar-refractivity contribution is 9.10. The monoisotopic (exact) mass is 483 g/mol. The molecule has 2 fully saturated rings. The molecule has 162 valence electrons. The van der Waals surface area contributed by atoms with Gasteiger partial charge in [0.1, 0.15) is 17.1 Å². The molecule has 0 atom stereocenters. The van der Waals surface area contributed by atoms with Gasteiger partial charge < -0.3 is 19.7 Å². The number of nitrogens with one attached hydrogen (secondary N) is 1. The lowest BCUT2D eigenvalue weighted by atomic mass is 9.93. The van der Waals surface area contributed by atoms with Crippen molar-refractivity contribution in [2.75, 3.05) is 36.5 Å². The first-order valence-corrected chi connectivity index (χ1v) is 11.7. The number of anilines is 2. The van der Waals surface area contributed by atoms with Gasteiger partial charge in [-0.1, -0.05) is 0 Å². The van der Waals surface area contributed by atoms with E-state index >= 15 is 0 Å². The van der Waals surface area contributed by atoms with Crippen LogP contribution in [-0.2, 0) is 4.74 Å². The van der Waals surface area contributed by atoms with E-state index in [1.54, 1.807) is 12.4 Å². The molecule has 1 aliphatic carbocycles. The van der Waals surface area contributed by atoms with Crippen LogP contribution in [0.3, 0.4) is 0 Å². The summed E-state index contributed by atoms with van der Waals surface area (Å²) in [7, 11) is 0. The zero-order valence-electron chi connectivity index (χ0n) is 17.3. The van der Waals surface area contributed by atoms with Crippen LogP contribution in [0.5, 0.6) is 5.75 Å². The number of nitrogens with zero attached hydrogens (tertiary/aromatic N) is 4. The van der Waals surface area contributed by atoms with Gasteiger partial charge in [-0.3, -0.25) is 4.98 Å². The van der Waals surface area contributed by atoms with E-state index < -0.39 is 0 Å². The molecule has 1 aromatic carbocycles. The Morgan fingerprint density at radius 1 is 1.00 bits per heavy atom. The molecule has 1 N–H and O–H groups in total. The van der Waals surface area contributed by atoms with Crippen molar-refractivity contribution < 1.29 is 9.47 Å². The number of benzene rings is 1. The van der Waals surface area contributed by atoms with E-state index in [0.717, 1.165) is 84.7 Å². The lowest BCUT2D eigenvalue weighted by Crippen LogP contribution is -2.36. The molecule has 5 rings (SSSR count). The largest absolute Gasteiger partial charge is 0.488 e. The van der Waals surface area contributed by atoms with E-state index in [2.05, 4.69) is 53.2 Å². The third-order valence-corrected chi connectivity index (χ3v) is 6.42. The first-order valence-electron chi connectivity index (χ1n) is 10.9. The number of hydrogen-bond acceptors (Lipinski definition) is 7. The Labute approximate surface area is 190 Å². The van der Waals surface area contributed by atoms with Crippen molar-refractivity contribution in [3.63, 3.8) is 0 Å². The van der Waals surface area contributed by atoms with Gasteiger partial charge in [0.2, 0.25) is 0 Å². The van der Waals surface area contributed by atoms with Crippen molar-refractivity contribution in [1.82, 2.24) is 15.0 Å².